The maximum Gasteiger partial charge on any atom is 0.423 e. The van der Waals surface area contributed by atoms with E-state index >= 15 is 0 Å². The molecule has 0 spiro atoms. The third kappa shape index (κ3) is 1.64. The number of aldehydes is 1. The highest BCUT2D eigenvalue weighted by atomic mass is 35.5. The molecule has 6 heavy (non-hydrogen) atoms. The molecule has 3 nitrogen and oxygen atoms in total. The van der Waals surface area contributed by atoms with Crippen molar-refractivity contribution in [1.82, 2.24) is 0 Å². The van der Waals surface area contributed by atoms with Crippen LogP contribution < -0.4 is 0 Å². The summed E-state index contributed by atoms with van der Waals surface area (Å²) in [6.07, 6.45) is 0.238. The second-order valence-corrected chi connectivity index (χ2v) is 0.928. The van der Waals surface area contributed by atoms with Crippen LogP contribution in [0.15, 0.2) is 0 Å². The molecule has 0 aliphatic rings. The van der Waals surface area contributed by atoms with Crippen LogP contribution in [-0.4, -0.2) is 16.2 Å². The van der Waals surface area contributed by atoms with Crippen molar-refractivity contribution >= 4 is 23.1 Å². The molecule has 0 aliphatic heterocycles. The lowest BCUT2D eigenvalue weighted by Gasteiger charge is -1.51. The van der Waals surface area contributed by atoms with Gasteiger partial charge in [0.15, 0.2) is 0 Å². The van der Waals surface area contributed by atoms with Gasteiger partial charge in [0.1, 0.15) is 0 Å². The quantitative estimate of drug-likeness (QED) is 0.201. The highest BCUT2D eigenvalue weighted by molar-refractivity contribution is 6.77. The number of carbonyl (C=O) groups excluding carboxylic acids is 1. The van der Waals surface area contributed by atoms with Crippen molar-refractivity contribution in [3.05, 3.63) is 5.53 Å². The lowest BCUT2D eigenvalue weighted by Crippen LogP contribution is -1.85. The monoisotopic (exact) mass is 104 g/mol. The summed E-state index contributed by atoms with van der Waals surface area (Å²) in [4.78, 5) is 11.6. The van der Waals surface area contributed by atoms with E-state index in [-0.39, 0.29) is 6.29 Å². The normalized spacial score (nSPS) is 6.17. The third-order valence-electron chi connectivity index (χ3n) is 0.193. The van der Waals surface area contributed by atoms with E-state index in [0.29, 0.717) is 0 Å². The van der Waals surface area contributed by atoms with Gasteiger partial charge in [0, 0.05) is 11.6 Å². The van der Waals surface area contributed by atoms with E-state index in [0.717, 1.165) is 0 Å². The first-order valence-corrected chi connectivity index (χ1v) is 1.51. The smallest absolute Gasteiger partial charge is 0.360 e. The van der Waals surface area contributed by atoms with Gasteiger partial charge in [0.2, 0.25) is 6.29 Å². The molecule has 0 aromatic rings. The topological polar surface area (TPSA) is 53.5 Å². The molecular formula is C2HClN2O. The first kappa shape index (κ1) is 5.34. The summed E-state index contributed by atoms with van der Waals surface area (Å²) in [5.41, 5.74) is 7.56. The van der Waals surface area contributed by atoms with Crippen molar-refractivity contribution in [3.63, 3.8) is 0 Å². The molecule has 0 saturated carbocycles. The van der Waals surface area contributed by atoms with Crippen LogP contribution >= 0.6 is 11.6 Å². The molecule has 0 atom stereocenters. The molecule has 0 aromatic carbocycles. The number of nitrogens with zero attached hydrogens (tertiary/aromatic N) is 2. The predicted molar refractivity (Wildman–Crippen MR) is 20.5 cm³/mol. The molecule has 0 fully saturated rings. The molecule has 0 rings (SSSR count). The van der Waals surface area contributed by atoms with Crippen LogP contribution in [0.3, 0.4) is 0 Å². The van der Waals surface area contributed by atoms with Gasteiger partial charge in [-0.15, -0.1) is 4.79 Å². The van der Waals surface area contributed by atoms with E-state index in [9.17, 15) is 4.79 Å². The first-order chi connectivity index (χ1) is 2.81. The molecule has 0 aromatic heterocycles. The summed E-state index contributed by atoms with van der Waals surface area (Å²) in [5, 5.41) is -0.435. The van der Waals surface area contributed by atoms with Crippen molar-refractivity contribution in [2.45, 2.75) is 0 Å². The molecule has 0 amide bonds. The second kappa shape index (κ2) is 2.57. The minimum Gasteiger partial charge on any atom is -0.360 e. The zero-order chi connectivity index (χ0) is 4.99. The Labute approximate surface area is 39.2 Å². The fraction of sp³-hybridized carbons (Fsp3) is 0. The van der Waals surface area contributed by atoms with Crippen LogP contribution in [0, 0.1) is 0 Å². The van der Waals surface area contributed by atoms with E-state index in [1.54, 1.807) is 0 Å². The number of carbonyl (C=O) groups is 1. The molecule has 0 heterocycles. The number of halogens is 1. The SMILES string of the molecule is [N-]=[N+]=C(Cl)C=O. The molecule has 0 N–H and O–H groups in total. The standard InChI is InChI=1S/C2HClN2O/c3-2(1-6)5-4/h1H. The summed E-state index contributed by atoms with van der Waals surface area (Å²) >= 11 is 4.78. The molecule has 0 aliphatic carbocycles. The fourth-order valence-corrected chi connectivity index (χ4v) is 0.0236. The largest absolute Gasteiger partial charge is 0.423 e. The van der Waals surface area contributed by atoms with Gasteiger partial charge in [-0.3, -0.25) is 4.79 Å². The highest BCUT2D eigenvalue weighted by Gasteiger charge is 1.91. The number of rotatable bonds is 1. The molecule has 0 saturated heterocycles. The molecule has 0 unspecified atom stereocenters. The van der Waals surface area contributed by atoms with Crippen molar-refractivity contribution in [2.24, 2.45) is 0 Å². The molecular weight excluding hydrogens is 103 g/mol. The summed E-state index contributed by atoms with van der Waals surface area (Å²) < 4.78 is 0. The summed E-state index contributed by atoms with van der Waals surface area (Å²) in [7, 11) is 0. The second-order valence-electron chi connectivity index (χ2n) is 0.541. The average molecular weight is 104 g/mol. The lowest BCUT2D eigenvalue weighted by atomic mass is 10.9. The Hall–Kier alpha value is -0.660. The summed E-state index contributed by atoms with van der Waals surface area (Å²) in [6.45, 7) is 0. The van der Waals surface area contributed by atoms with Crippen LogP contribution in [-0.2, 0) is 4.79 Å². The van der Waals surface area contributed by atoms with Crippen LogP contribution in [0.1, 0.15) is 0 Å². The van der Waals surface area contributed by atoms with Gasteiger partial charge in [-0.25, -0.2) is 0 Å². The van der Waals surface area contributed by atoms with Crippen molar-refractivity contribution < 1.29 is 9.58 Å². The van der Waals surface area contributed by atoms with Gasteiger partial charge < -0.3 is 5.53 Å². The average Bonchev–Trinajstić information content (AvgIpc) is 1.65. The van der Waals surface area contributed by atoms with Crippen LogP contribution in [0.5, 0.6) is 0 Å². The fourth-order valence-electron chi connectivity index (χ4n) is 0.0236. The maximum absolute atomic E-state index is 9.31. The number of hydrogen-bond donors (Lipinski definition) is 0. The van der Waals surface area contributed by atoms with E-state index in [2.05, 4.69) is 4.79 Å². The zero-order valence-corrected chi connectivity index (χ0v) is 3.51. The van der Waals surface area contributed by atoms with E-state index in [1.807, 2.05) is 0 Å². The maximum atomic E-state index is 9.31. The van der Waals surface area contributed by atoms with Gasteiger partial charge in [0.25, 0.3) is 0 Å². The third-order valence-corrected chi connectivity index (χ3v) is 0.357. The lowest BCUT2D eigenvalue weighted by molar-refractivity contribution is -0.106. The van der Waals surface area contributed by atoms with Crippen molar-refractivity contribution in [3.8, 4) is 0 Å². The predicted octanol–water partition coefficient (Wildman–Crippen LogP) is 0.0524. The molecule has 32 valence electrons. The Balaban J connectivity index is 3.86. The molecule has 0 bridgehead atoms. The van der Waals surface area contributed by atoms with Gasteiger partial charge in [-0.05, 0) is 0 Å². The Morgan fingerprint density at radius 3 is 2.50 bits per heavy atom. The number of hydrogen-bond acceptors (Lipinski definition) is 1. The van der Waals surface area contributed by atoms with E-state index in [1.165, 1.54) is 0 Å². The van der Waals surface area contributed by atoms with Gasteiger partial charge >= 0.3 is 5.17 Å². The van der Waals surface area contributed by atoms with Crippen LogP contribution in [0.2, 0.25) is 0 Å². The Kier molecular flexibility index (Phi) is 2.29. The molecule has 0 radical (unpaired) electrons. The Bertz CT molecular complexity index is 104. The zero-order valence-electron chi connectivity index (χ0n) is 2.76. The molecule has 4 heteroatoms. The van der Waals surface area contributed by atoms with Gasteiger partial charge in [0.05, 0.1) is 0 Å². The van der Waals surface area contributed by atoms with Crippen molar-refractivity contribution in [1.29, 1.82) is 0 Å². The van der Waals surface area contributed by atoms with Crippen molar-refractivity contribution in [2.75, 3.05) is 0 Å². The minimum absolute atomic E-state index is 0.238. The van der Waals surface area contributed by atoms with Gasteiger partial charge in [-0.1, -0.05) is 0 Å². The summed E-state index contributed by atoms with van der Waals surface area (Å²) in [5.74, 6) is 0. The van der Waals surface area contributed by atoms with E-state index < -0.39 is 5.17 Å². The van der Waals surface area contributed by atoms with Crippen LogP contribution in [0.4, 0.5) is 0 Å². The van der Waals surface area contributed by atoms with Gasteiger partial charge in [-0.2, -0.15) is 0 Å². The summed E-state index contributed by atoms with van der Waals surface area (Å²) in [6, 6.07) is 0. The minimum atomic E-state index is -0.435. The van der Waals surface area contributed by atoms with E-state index in [4.69, 9.17) is 17.1 Å². The highest BCUT2D eigenvalue weighted by Crippen LogP contribution is 1.66. The first-order valence-electron chi connectivity index (χ1n) is 1.14. The Morgan fingerprint density at radius 2 is 2.50 bits per heavy atom. The Morgan fingerprint density at radius 1 is 2.00 bits per heavy atom. The van der Waals surface area contributed by atoms with Crippen LogP contribution in [0.25, 0.3) is 5.53 Å².